The van der Waals surface area contributed by atoms with Crippen molar-refractivity contribution in [2.45, 2.75) is 10.9 Å². The normalized spacial score (nSPS) is 12.0. The van der Waals surface area contributed by atoms with Crippen LogP contribution in [0.25, 0.3) is 0 Å². The van der Waals surface area contributed by atoms with E-state index in [1.165, 1.54) is 58.1 Å². The zero-order valence-corrected chi connectivity index (χ0v) is 19.4. The minimum absolute atomic E-state index is 0.0465. The van der Waals surface area contributed by atoms with Crippen molar-refractivity contribution in [1.29, 1.82) is 0 Å². The number of nitrogens with one attached hydrogen (secondary N) is 2. The van der Waals surface area contributed by atoms with E-state index in [4.69, 9.17) is 18.6 Å². The van der Waals surface area contributed by atoms with Gasteiger partial charge in [-0.1, -0.05) is 12.1 Å². The van der Waals surface area contributed by atoms with Crippen molar-refractivity contribution < 1.29 is 36.6 Å². The second-order valence-electron chi connectivity index (χ2n) is 6.89. The number of hydrogen-bond donors (Lipinski definition) is 2. The van der Waals surface area contributed by atoms with E-state index in [1.807, 2.05) is 0 Å². The molecule has 2 N–H and O–H groups in total. The number of rotatable bonds is 10. The smallest absolute Gasteiger partial charge is 0.322 e. The van der Waals surface area contributed by atoms with Gasteiger partial charge in [-0.25, -0.2) is 18.1 Å². The van der Waals surface area contributed by atoms with Crippen molar-refractivity contribution in [3.8, 4) is 5.75 Å². The molecular weight excluding hydrogens is 466 g/mol. The minimum Gasteiger partial charge on any atom is -0.497 e. The quantitative estimate of drug-likeness (QED) is 0.322. The Hall–Kier alpha value is -4.06. The van der Waals surface area contributed by atoms with E-state index >= 15 is 0 Å². The second kappa shape index (κ2) is 10.7. The fourth-order valence-electron chi connectivity index (χ4n) is 3.15. The summed E-state index contributed by atoms with van der Waals surface area (Å²) in [5.74, 6) is -2.34. The van der Waals surface area contributed by atoms with Crippen LogP contribution in [0.15, 0.2) is 70.3 Å². The summed E-state index contributed by atoms with van der Waals surface area (Å²) in [5, 5.41) is 3.10. The van der Waals surface area contributed by atoms with E-state index < -0.39 is 33.9 Å². The average Bonchev–Trinajstić information content (AvgIpc) is 3.36. The summed E-state index contributed by atoms with van der Waals surface area (Å²) in [6.45, 7) is 0. The molecule has 0 bridgehead atoms. The fraction of sp³-hybridized carbons (Fsp3) is 0.227. The monoisotopic (exact) mass is 489 g/mol. The van der Waals surface area contributed by atoms with Crippen LogP contribution in [0, 0.1) is 5.92 Å². The molecule has 2 aromatic carbocycles. The maximum Gasteiger partial charge on any atom is 0.322 e. The van der Waals surface area contributed by atoms with Gasteiger partial charge < -0.3 is 23.9 Å². The Bertz CT molecular complexity index is 1190. The number of oxazole rings is 1. The van der Waals surface area contributed by atoms with E-state index in [9.17, 15) is 18.0 Å². The van der Waals surface area contributed by atoms with Crippen LogP contribution in [0.5, 0.6) is 5.75 Å². The van der Waals surface area contributed by atoms with Crippen molar-refractivity contribution in [1.82, 2.24) is 4.98 Å². The van der Waals surface area contributed by atoms with Crippen molar-refractivity contribution in [3.63, 3.8) is 0 Å². The van der Waals surface area contributed by atoms with Crippen molar-refractivity contribution in [2.75, 3.05) is 31.4 Å². The van der Waals surface area contributed by atoms with E-state index in [0.717, 1.165) is 0 Å². The van der Waals surface area contributed by atoms with Crippen LogP contribution in [-0.2, 0) is 29.1 Å². The SMILES string of the molecule is COC(=O)C(C(=O)OC)C(Nc1ccc(S(=O)(=O)Nc2ncco2)cc1)c1ccc(OC)cc1. The molecule has 34 heavy (non-hydrogen) atoms. The van der Waals surface area contributed by atoms with Gasteiger partial charge in [0, 0.05) is 5.69 Å². The highest BCUT2D eigenvalue weighted by molar-refractivity contribution is 7.92. The number of carbonyl (C=O) groups is 2. The minimum atomic E-state index is -3.94. The number of esters is 2. The van der Waals surface area contributed by atoms with Gasteiger partial charge in [0.05, 0.1) is 38.5 Å². The number of anilines is 2. The summed E-state index contributed by atoms with van der Waals surface area (Å²) in [6.07, 6.45) is 2.55. The molecule has 0 fully saturated rings. The first kappa shape index (κ1) is 24.6. The van der Waals surface area contributed by atoms with Gasteiger partial charge in [0.15, 0.2) is 5.92 Å². The summed E-state index contributed by atoms with van der Waals surface area (Å²) in [7, 11) is -0.0778. The van der Waals surface area contributed by atoms with Gasteiger partial charge in [-0.2, -0.15) is 0 Å². The second-order valence-corrected chi connectivity index (χ2v) is 8.57. The first-order valence-corrected chi connectivity index (χ1v) is 11.4. The number of carbonyl (C=O) groups excluding carboxylic acids is 2. The molecule has 0 amide bonds. The molecule has 1 unspecified atom stereocenters. The van der Waals surface area contributed by atoms with E-state index in [-0.39, 0.29) is 10.9 Å². The summed E-state index contributed by atoms with van der Waals surface area (Å²) in [6, 6.07) is 11.4. The van der Waals surface area contributed by atoms with Crippen LogP contribution in [0.2, 0.25) is 0 Å². The lowest BCUT2D eigenvalue weighted by Crippen LogP contribution is -2.35. The molecule has 3 rings (SSSR count). The van der Waals surface area contributed by atoms with Crippen LogP contribution in [0.3, 0.4) is 0 Å². The van der Waals surface area contributed by atoms with E-state index in [2.05, 4.69) is 15.0 Å². The molecule has 1 heterocycles. The molecule has 3 aromatic rings. The zero-order chi connectivity index (χ0) is 24.7. The fourth-order valence-corrected chi connectivity index (χ4v) is 4.09. The molecule has 0 saturated heterocycles. The number of nitrogens with zero attached hydrogens (tertiary/aromatic N) is 1. The topological polar surface area (TPSA) is 146 Å². The molecule has 1 aromatic heterocycles. The van der Waals surface area contributed by atoms with Gasteiger partial charge in [0.25, 0.3) is 10.0 Å². The predicted octanol–water partition coefficient (Wildman–Crippen LogP) is 2.60. The van der Waals surface area contributed by atoms with Crippen molar-refractivity contribution in [3.05, 3.63) is 66.6 Å². The van der Waals surface area contributed by atoms with Gasteiger partial charge in [0.2, 0.25) is 0 Å². The largest absolute Gasteiger partial charge is 0.497 e. The number of methoxy groups -OCH3 is 3. The maximum atomic E-state index is 12.5. The number of aromatic nitrogens is 1. The van der Waals surface area contributed by atoms with Crippen LogP contribution in [-0.4, -0.2) is 46.7 Å². The lowest BCUT2D eigenvalue weighted by atomic mass is 9.92. The third-order valence-electron chi connectivity index (χ3n) is 4.86. The molecule has 180 valence electrons. The molecule has 0 radical (unpaired) electrons. The van der Waals surface area contributed by atoms with E-state index in [1.54, 1.807) is 24.3 Å². The zero-order valence-electron chi connectivity index (χ0n) is 18.5. The molecule has 0 spiro atoms. The predicted molar refractivity (Wildman–Crippen MR) is 121 cm³/mol. The average molecular weight is 490 g/mol. The highest BCUT2D eigenvalue weighted by atomic mass is 32.2. The number of ether oxygens (including phenoxy) is 3. The van der Waals surface area contributed by atoms with E-state index in [0.29, 0.717) is 17.0 Å². The summed E-state index contributed by atoms with van der Waals surface area (Å²) in [4.78, 5) is 28.7. The maximum absolute atomic E-state index is 12.5. The highest BCUT2D eigenvalue weighted by Crippen LogP contribution is 2.31. The van der Waals surface area contributed by atoms with Gasteiger partial charge in [-0.15, -0.1) is 0 Å². The van der Waals surface area contributed by atoms with Crippen molar-refractivity contribution >= 4 is 33.7 Å². The van der Waals surface area contributed by atoms with Crippen LogP contribution in [0.1, 0.15) is 11.6 Å². The standard InChI is InChI=1S/C22H23N3O8S/c1-30-16-8-4-14(5-9-16)19(18(20(26)31-2)21(27)32-3)24-15-6-10-17(11-7-15)34(28,29)25-22-23-12-13-33-22/h4-13,18-19,24H,1-3H3,(H,23,25). The Labute approximate surface area is 196 Å². The molecular formula is C22H23N3O8S. The molecule has 1 atom stereocenters. The highest BCUT2D eigenvalue weighted by Gasteiger charge is 2.38. The lowest BCUT2D eigenvalue weighted by Gasteiger charge is -2.26. The Morgan fingerprint density at radius 2 is 1.56 bits per heavy atom. The summed E-state index contributed by atoms with van der Waals surface area (Å²) in [5.41, 5.74) is 1.01. The molecule has 0 saturated carbocycles. The summed E-state index contributed by atoms with van der Waals surface area (Å²) >= 11 is 0. The Kier molecular flexibility index (Phi) is 7.74. The molecule has 0 aliphatic carbocycles. The number of benzene rings is 2. The van der Waals surface area contributed by atoms with Gasteiger partial charge in [-0.05, 0) is 42.0 Å². The molecule has 11 nitrogen and oxygen atoms in total. The van der Waals surface area contributed by atoms with Gasteiger partial charge in [0.1, 0.15) is 12.0 Å². The first-order chi connectivity index (χ1) is 16.3. The first-order valence-electron chi connectivity index (χ1n) is 9.87. The number of sulfonamides is 1. The Morgan fingerprint density at radius 3 is 2.06 bits per heavy atom. The Balaban J connectivity index is 1.92. The van der Waals surface area contributed by atoms with Crippen LogP contribution in [0.4, 0.5) is 11.7 Å². The Morgan fingerprint density at radius 1 is 0.941 bits per heavy atom. The van der Waals surface area contributed by atoms with Gasteiger partial charge >= 0.3 is 18.0 Å². The third kappa shape index (κ3) is 5.64. The van der Waals surface area contributed by atoms with Crippen LogP contribution >= 0.6 is 0 Å². The lowest BCUT2D eigenvalue weighted by molar-refractivity contribution is -0.159. The van der Waals surface area contributed by atoms with Gasteiger partial charge in [-0.3, -0.25) is 9.59 Å². The summed E-state index contributed by atoms with van der Waals surface area (Å²) < 4.78 is 47.0. The molecule has 0 aliphatic rings. The van der Waals surface area contributed by atoms with Crippen LogP contribution < -0.4 is 14.8 Å². The van der Waals surface area contributed by atoms with Crippen molar-refractivity contribution in [2.24, 2.45) is 5.92 Å². The number of hydrogen-bond acceptors (Lipinski definition) is 10. The molecule has 0 aliphatic heterocycles. The third-order valence-corrected chi connectivity index (χ3v) is 6.20. The molecule has 12 heteroatoms.